The molecule has 1 aliphatic carbocycles. The van der Waals surface area contributed by atoms with Crippen LogP contribution < -0.4 is 11.1 Å². The van der Waals surface area contributed by atoms with Crippen molar-refractivity contribution < 1.29 is 14.3 Å². The molecule has 0 aromatic rings. The second-order valence-electron chi connectivity index (χ2n) is 7.38. The van der Waals surface area contributed by atoms with Crippen LogP contribution in [0.5, 0.6) is 0 Å². The van der Waals surface area contributed by atoms with Crippen LogP contribution in [0.3, 0.4) is 0 Å². The Morgan fingerprint density at radius 2 is 1.96 bits per heavy atom. The molecule has 2 heterocycles. The van der Waals surface area contributed by atoms with E-state index in [1.165, 1.54) is 12.8 Å². The molecule has 0 bridgehead atoms. The summed E-state index contributed by atoms with van der Waals surface area (Å²) in [6.45, 7) is 3.65. The number of likely N-dealkylation sites (tertiary alicyclic amines) is 1. The number of nitrogens with one attached hydrogen (secondary N) is 1. The number of amides is 2. The number of piperidine rings is 1. The van der Waals surface area contributed by atoms with Gasteiger partial charge in [0.05, 0.1) is 11.3 Å². The molecule has 6 nitrogen and oxygen atoms in total. The molecule has 130 valence electrons. The van der Waals surface area contributed by atoms with Crippen LogP contribution in [0.4, 0.5) is 0 Å². The highest BCUT2D eigenvalue weighted by atomic mass is 16.5. The van der Waals surface area contributed by atoms with Gasteiger partial charge in [-0.25, -0.2) is 0 Å². The molecule has 3 aliphatic rings. The molecule has 0 radical (unpaired) electrons. The summed E-state index contributed by atoms with van der Waals surface area (Å²) < 4.78 is 5.39. The van der Waals surface area contributed by atoms with Gasteiger partial charge in [0, 0.05) is 39.4 Å². The zero-order chi connectivity index (χ0) is 16.3. The van der Waals surface area contributed by atoms with Crippen LogP contribution in [-0.2, 0) is 14.3 Å². The molecule has 2 aliphatic heterocycles. The van der Waals surface area contributed by atoms with Crippen molar-refractivity contribution >= 4 is 11.8 Å². The Morgan fingerprint density at radius 3 is 2.61 bits per heavy atom. The first-order valence-electron chi connectivity index (χ1n) is 8.99. The Morgan fingerprint density at radius 1 is 1.22 bits per heavy atom. The highest BCUT2D eigenvalue weighted by Gasteiger charge is 2.43. The summed E-state index contributed by atoms with van der Waals surface area (Å²) in [5.74, 6) is 0.857. The topological polar surface area (TPSA) is 84.7 Å². The Labute approximate surface area is 138 Å². The van der Waals surface area contributed by atoms with Gasteiger partial charge in [-0.15, -0.1) is 0 Å². The summed E-state index contributed by atoms with van der Waals surface area (Å²) in [5, 5.41) is 3.06. The quantitative estimate of drug-likeness (QED) is 0.772. The van der Waals surface area contributed by atoms with Crippen molar-refractivity contribution in [3.8, 4) is 0 Å². The molecule has 2 amide bonds. The highest BCUT2D eigenvalue weighted by Crippen LogP contribution is 2.33. The van der Waals surface area contributed by atoms with E-state index < -0.39 is 5.41 Å². The van der Waals surface area contributed by atoms with Gasteiger partial charge in [0.2, 0.25) is 11.8 Å². The van der Waals surface area contributed by atoms with E-state index in [4.69, 9.17) is 10.5 Å². The van der Waals surface area contributed by atoms with Crippen molar-refractivity contribution in [2.75, 3.05) is 39.4 Å². The van der Waals surface area contributed by atoms with Gasteiger partial charge in [0.15, 0.2) is 0 Å². The Kier molecular flexibility index (Phi) is 5.21. The van der Waals surface area contributed by atoms with Crippen molar-refractivity contribution in [2.45, 2.75) is 38.5 Å². The summed E-state index contributed by atoms with van der Waals surface area (Å²) in [6, 6.07) is 0. The maximum Gasteiger partial charge on any atom is 0.230 e. The summed E-state index contributed by atoms with van der Waals surface area (Å²) >= 11 is 0. The number of nitrogens with two attached hydrogens (primary N) is 1. The van der Waals surface area contributed by atoms with Crippen LogP contribution in [0.2, 0.25) is 0 Å². The van der Waals surface area contributed by atoms with E-state index in [9.17, 15) is 9.59 Å². The summed E-state index contributed by atoms with van der Waals surface area (Å²) in [6.07, 6.45) is 5.62. The molecular weight excluding hydrogens is 294 g/mol. The molecule has 3 rings (SSSR count). The van der Waals surface area contributed by atoms with Crippen LogP contribution >= 0.6 is 0 Å². The number of hydrogen-bond donors (Lipinski definition) is 2. The van der Waals surface area contributed by atoms with Gasteiger partial charge in [-0.05, 0) is 44.4 Å². The lowest BCUT2D eigenvalue weighted by atomic mass is 9.78. The van der Waals surface area contributed by atoms with E-state index >= 15 is 0 Å². The first-order chi connectivity index (χ1) is 11.1. The summed E-state index contributed by atoms with van der Waals surface area (Å²) in [7, 11) is 0. The summed E-state index contributed by atoms with van der Waals surface area (Å²) in [4.78, 5) is 27.2. The van der Waals surface area contributed by atoms with E-state index in [0.717, 1.165) is 25.9 Å². The predicted molar refractivity (Wildman–Crippen MR) is 86.6 cm³/mol. The minimum atomic E-state index is -0.482. The van der Waals surface area contributed by atoms with E-state index in [-0.39, 0.29) is 17.7 Å². The fraction of sp³-hybridized carbons (Fsp3) is 0.882. The zero-order valence-corrected chi connectivity index (χ0v) is 13.9. The lowest BCUT2D eigenvalue weighted by Gasteiger charge is -2.41. The van der Waals surface area contributed by atoms with E-state index in [1.807, 2.05) is 4.90 Å². The molecule has 0 aromatic carbocycles. The molecule has 3 N–H and O–H groups in total. The standard InChI is InChI=1S/C17H29N3O3/c18-12-17(5-8-23-9-6-17)16(22)20-7-1-2-14(11-20)15(21)19-10-13-3-4-13/h13-14H,1-12,18H2,(H,19,21). The Hall–Kier alpha value is -1.14. The van der Waals surface area contributed by atoms with Gasteiger partial charge < -0.3 is 20.7 Å². The molecule has 2 saturated heterocycles. The fourth-order valence-corrected chi connectivity index (χ4v) is 3.69. The van der Waals surface area contributed by atoms with Crippen molar-refractivity contribution in [2.24, 2.45) is 23.0 Å². The van der Waals surface area contributed by atoms with Gasteiger partial charge in [0.25, 0.3) is 0 Å². The zero-order valence-electron chi connectivity index (χ0n) is 13.9. The number of carbonyl (C=O) groups excluding carboxylic acids is 2. The van der Waals surface area contributed by atoms with Crippen molar-refractivity contribution in [1.29, 1.82) is 0 Å². The first kappa shape index (κ1) is 16.7. The minimum Gasteiger partial charge on any atom is -0.381 e. The molecule has 23 heavy (non-hydrogen) atoms. The SMILES string of the molecule is NCC1(C(=O)N2CCCC(C(=O)NCC3CC3)C2)CCOCC1. The van der Waals surface area contributed by atoms with Crippen molar-refractivity contribution in [1.82, 2.24) is 10.2 Å². The lowest BCUT2D eigenvalue weighted by Crippen LogP contribution is -2.54. The molecule has 0 aromatic heterocycles. The van der Waals surface area contributed by atoms with Gasteiger partial charge in [0.1, 0.15) is 0 Å². The second kappa shape index (κ2) is 7.18. The van der Waals surface area contributed by atoms with Crippen LogP contribution in [0.1, 0.15) is 38.5 Å². The molecule has 6 heteroatoms. The molecule has 1 saturated carbocycles. The largest absolute Gasteiger partial charge is 0.381 e. The number of ether oxygens (including phenoxy) is 1. The number of nitrogens with zero attached hydrogens (tertiary/aromatic N) is 1. The Bertz CT molecular complexity index is 444. The van der Waals surface area contributed by atoms with Crippen molar-refractivity contribution in [3.05, 3.63) is 0 Å². The van der Waals surface area contributed by atoms with Crippen LogP contribution in [0.25, 0.3) is 0 Å². The van der Waals surface area contributed by atoms with Gasteiger partial charge in [-0.2, -0.15) is 0 Å². The molecule has 0 spiro atoms. The molecular formula is C17H29N3O3. The third-order valence-electron chi connectivity index (χ3n) is 5.64. The predicted octanol–water partition coefficient (Wildman–Crippen LogP) is 0.507. The van der Waals surface area contributed by atoms with Gasteiger partial charge in [-0.1, -0.05) is 0 Å². The number of rotatable bonds is 5. The van der Waals surface area contributed by atoms with E-state index in [1.54, 1.807) is 0 Å². The van der Waals surface area contributed by atoms with Crippen molar-refractivity contribution in [3.63, 3.8) is 0 Å². The number of carbonyl (C=O) groups is 2. The van der Waals surface area contributed by atoms with Crippen LogP contribution in [-0.4, -0.2) is 56.1 Å². The third-order valence-corrected chi connectivity index (χ3v) is 5.64. The maximum absolute atomic E-state index is 13.0. The van der Waals surface area contributed by atoms with E-state index in [0.29, 0.717) is 45.1 Å². The van der Waals surface area contributed by atoms with Crippen LogP contribution in [0, 0.1) is 17.3 Å². The van der Waals surface area contributed by atoms with Gasteiger partial charge >= 0.3 is 0 Å². The first-order valence-corrected chi connectivity index (χ1v) is 8.99. The normalized spacial score (nSPS) is 27.5. The maximum atomic E-state index is 13.0. The monoisotopic (exact) mass is 323 g/mol. The average molecular weight is 323 g/mol. The van der Waals surface area contributed by atoms with E-state index in [2.05, 4.69) is 5.32 Å². The third kappa shape index (κ3) is 3.86. The smallest absolute Gasteiger partial charge is 0.230 e. The summed E-state index contributed by atoms with van der Waals surface area (Å²) in [5.41, 5.74) is 5.46. The van der Waals surface area contributed by atoms with Gasteiger partial charge in [-0.3, -0.25) is 9.59 Å². The number of hydrogen-bond acceptors (Lipinski definition) is 4. The fourth-order valence-electron chi connectivity index (χ4n) is 3.69. The average Bonchev–Trinajstić information content (AvgIpc) is 3.44. The van der Waals surface area contributed by atoms with Crippen LogP contribution in [0.15, 0.2) is 0 Å². The Balaban J connectivity index is 1.58. The highest BCUT2D eigenvalue weighted by molar-refractivity contribution is 5.85. The molecule has 1 unspecified atom stereocenters. The lowest BCUT2D eigenvalue weighted by molar-refractivity contribution is -0.150. The second-order valence-corrected chi connectivity index (χ2v) is 7.38. The molecule has 3 fully saturated rings. The minimum absolute atomic E-state index is 0.0684. The molecule has 1 atom stereocenters.